The van der Waals surface area contributed by atoms with Gasteiger partial charge in [-0.3, -0.25) is 14.3 Å². The van der Waals surface area contributed by atoms with E-state index in [4.69, 9.17) is 0 Å². The number of hydrogen-bond acceptors (Lipinski definition) is 3. The number of unbranched alkanes of at least 4 members (excludes halogenated alkanes) is 1. The van der Waals surface area contributed by atoms with Gasteiger partial charge in [-0.1, -0.05) is 70.4 Å². The van der Waals surface area contributed by atoms with E-state index in [2.05, 4.69) is 36.5 Å². The molecule has 1 aromatic heterocycles. The number of aromatic nitrogens is 2. The molecule has 0 radical (unpaired) electrons. The molecule has 6 nitrogen and oxygen atoms in total. The molecule has 2 aromatic rings. The summed E-state index contributed by atoms with van der Waals surface area (Å²) in [6.07, 6.45) is 4.10. The largest absolute Gasteiger partial charge is 0.354 e. The second kappa shape index (κ2) is 10.8. The van der Waals surface area contributed by atoms with Gasteiger partial charge in [-0.25, -0.2) is 0 Å². The first-order chi connectivity index (χ1) is 13.9. The number of nitrogens with one attached hydrogen (secondary N) is 2. The maximum Gasteiger partial charge on any atom is 0.271 e. The van der Waals surface area contributed by atoms with E-state index in [0.717, 1.165) is 31.2 Å². The van der Waals surface area contributed by atoms with E-state index in [1.807, 2.05) is 37.3 Å². The standard InChI is InChI=1S/C23H34N4O2/c1-6-8-14-19(16(3)7-2)25-23(29)21-15-20(22(28)24-5)26-27(21)17(4)18-12-10-9-11-13-18/h9-13,15-17,19H,6-8,14H2,1-5H3,(H,24,28)(H,25,29). The second-order valence-corrected chi connectivity index (χ2v) is 7.63. The van der Waals surface area contributed by atoms with Crippen molar-refractivity contribution in [1.82, 2.24) is 20.4 Å². The number of amides is 2. The summed E-state index contributed by atoms with van der Waals surface area (Å²) < 4.78 is 1.66. The van der Waals surface area contributed by atoms with Gasteiger partial charge in [0, 0.05) is 19.2 Å². The van der Waals surface area contributed by atoms with Crippen LogP contribution < -0.4 is 10.6 Å². The summed E-state index contributed by atoms with van der Waals surface area (Å²) in [7, 11) is 1.56. The molecular weight excluding hydrogens is 364 g/mol. The van der Waals surface area contributed by atoms with E-state index in [0.29, 0.717) is 11.6 Å². The average Bonchev–Trinajstić information content (AvgIpc) is 3.21. The van der Waals surface area contributed by atoms with Gasteiger partial charge < -0.3 is 10.6 Å². The minimum atomic E-state index is -0.303. The lowest BCUT2D eigenvalue weighted by Gasteiger charge is -2.25. The van der Waals surface area contributed by atoms with Crippen molar-refractivity contribution in [3.05, 3.63) is 53.3 Å². The van der Waals surface area contributed by atoms with E-state index in [-0.39, 0.29) is 29.6 Å². The van der Waals surface area contributed by atoms with Crippen LogP contribution >= 0.6 is 0 Å². The van der Waals surface area contributed by atoms with Crippen LogP contribution in [0.2, 0.25) is 0 Å². The molecule has 2 rings (SSSR count). The monoisotopic (exact) mass is 398 g/mol. The van der Waals surface area contributed by atoms with Crippen LogP contribution in [0.4, 0.5) is 0 Å². The van der Waals surface area contributed by atoms with E-state index >= 15 is 0 Å². The summed E-state index contributed by atoms with van der Waals surface area (Å²) in [6.45, 7) is 8.44. The van der Waals surface area contributed by atoms with Crippen molar-refractivity contribution in [3.63, 3.8) is 0 Å². The summed E-state index contributed by atoms with van der Waals surface area (Å²) in [4.78, 5) is 25.4. The molecule has 158 valence electrons. The number of hydrogen-bond donors (Lipinski definition) is 2. The highest BCUT2D eigenvalue weighted by molar-refractivity contribution is 5.98. The van der Waals surface area contributed by atoms with Crippen molar-refractivity contribution >= 4 is 11.8 Å². The summed E-state index contributed by atoms with van der Waals surface area (Å²) in [5.41, 5.74) is 1.68. The Balaban J connectivity index is 2.37. The summed E-state index contributed by atoms with van der Waals surface area (Å²) in [5, 5.41) is 10.2. The SMILES string of the molecule is CCCCC(NC(=O)c1cc(C(=O)NC)nn1C(C)c1ccccc1)C(C)CC. The van der Waals surface area contributed by atoms with Crippen LogP contribution in [-0.2, 0) is 0 Å². The van der Waals surface area contributed by atoms with Crippen molar-refractivity contribution in [2.24, 2.45) is 5.92 Å². The first-order valence-electron chi connectivity index (χ1n) is 10.6. The Hall–Kier alpha value is -2.63. The number of benzene rings is 1. The number of carbonyl (C=O) groups is 2. The van der Waals surface area contributed by atoms with Crippen LogP contribution in [0.1, 0.15) is 86.0 Å². The maximum atomic E-state index is 13.2. The lowest BCUT2D eigenvalue weighted by Crippen LogP contribution is -2.40. The fourth-order valence-corrected chi connectivity index (χ4v) is 3.42. The zero-order valence-electron chi connectivity index (χ0n) is 18.2. The van der Waals surface area contributed by atoms with Crippen LogP contribution in [0.5, 0.6) is 0 Å². The summed E-state index contributed by atoms with van der Waals surface area (Å²) in [6, 6.07) is 11.4. The molecule has 6 heteroatoms. The Morgan fingerprint density at radius 2 is 1.79 bits per heavy atom. The van der Waals surface area contributed by atoms with E-state index < -0.39 is 0 Å². The van der Waals surface area contributed by atoms with Gasteiger partial charge in [-0.2, -0.15) is 5.10 Å². The minimum Gasteiger partial charge on any atom is -0.354 e. The number of rotatable bonds is 10. The molecule has 1 aromatic carbocycles. The third kappa shape index (κ3) is 5.68. The summed E-state index contributed by atoms with van der Waals surface area (Å²) >= 11 is 0. The Labute approximate surface area is 174 Å². The van der Waals surface area contributed by atoms with Gasteiger partial charge in [0.1, 0.15) is 5.69 Å². The van der Waals surface area contributed by atoms with Gasteiger partial charge in [0.05, 0.1) is 6.04 Å². The molecule has 2 amide bonds. The van der Waals surface area contributed by atoms with Crippen molar-refractivity contribution in [1.29, 1.82) is 0 Å². The van der Waals surface area contributed by atoms with Crippen molar-refractivity contribution in [2.75, 3.05) is 7.05 Å². The van der Waals surface area contributed by atoms with Gasteiger partial charge in [-0.15, -0.1) is 0 Å². The predicted molar refractivity (Wildman–Crippen MR) is 116 cm³/mol. The molecular formula is C23H34N4O2. The molecule has 2 N–H and O–H groups in total. The molecule has 0 aliphatic heterocycles. The molecule has 3 atom stereocenters. The third-order valence-corrected chi connectivity index (χ3v) is 5.59. The Bertz CT molecular complexity index is 800. The van der Waals surface area contributed by atoms with Crippen LogP contribution in [0.3, 0.4) is 0 Å². The van der Waals surface area contributed by atoms with Crippen LogP contribution in [0, 0.1) is 5.92 Å². The molecule has 0 aliphatic rings. The van der Waals surface area contributed by atoms with Crippen molar-refractivity contribution < 1.29 is 9.59 Å². The highest BCUT2D eigenvalue weighted by Gasteiger charge is 2.25. The highest BCUT2D eigenvalue weighted by Crippen LogP contribution is 2.21. The van der Waals surface area contributed by atoms with E-state index in [1.165, 1.54) is 0 Å². The first kappa shape index (κ1) is 22.7. The molecule has 0 bridgehead atoms. The lowest BCUT2D eigenvalue weighted by atomic mass is 9.94. The number of carbonyl (C=O) groups excluding carboxylic acids is 2. The molecule has 0 aliphatic carbocycles. The van der Waals surface area contributed by atoms with Crippen LogP contribution in [-0.4, -0.2) is 34.7 Å². The van der Waals surface area contributed by atoms with Crippen LogP contribution in [0.15, 0.2) is 36.4 Å². The normalized spacial score (nSPS) is 14.1. The Kier molecular flexibility index (Phi) is 8.43. The molecule has 29 heavy (non-hydrogen) atoms. The third-order valence-electron chi connectivity index (χ3n) is 5.59. The van der Waals surface area contributed by atoms with Gasteiger partial charge in [0.15, 0.2) is 5.69 Å². The maximum absolute atomic E-state index is 13.2. The van der Waals surface area contributed by atoms with Crippen molar-refractivity contribution in [3.8, 4) is 0 Å². The highest BCUT2D eigenvalue weighted by atomic mass is 16.2. The number of nitrogens with zero attached hydrogens (tertiary/aromatic N) is 2. The molecule has 0 fully saturated rings. The van der Waals surface area contributed by atoms with Gasteiger partial charge in [-0.05, 0) is 24.8 Å². The lowest BCUT2D eigenvalue weighted by molar-refractivity contribution is 0.0906. The van der Waals surface area contributed by atoms with E-state index in [9.17, 15) is 9.59 Å². The smallest absolute Gasteiger partial charge is 0.271 e. The quantitative estimate of drug-likeness (QED) is 0.630. The summed E-state index contributed by atoms with van der Waals surface area (Å²) in [5.74, 6) is -0.105. The van der Waals surface area contributed by atoms with Gasteiger partial charge >= 0.3 is 0 Å². The van der Waals surface area contributed by atoms with Crippen LogP contribution in [0.25, 0.3) is 0 Å². The molecule has 0 spiro atoms. The molecule has 3 unspecified atom stereocenters. The van der Waals surface area contributed by atoms with Gasteiger partial charge in [0.25, 0.3) is 11.8 Å². The van der Waals surface area contributed by atoms with Crippen molar-refractivity contribution in [2.45, 2.75) is 65.5 Å². The molecule has 1 heterocycles. The topological polar surface area (TPSA) is 76.0 Å². The minimum absolute atomic E-state index is 0.103. The average molecular weight is 399 g/mol. The first-order valence-corrected chi connectivity index (χ1v) is 10.6. The predicted octanol–water partition coefficient (Wildman–Crippen LogP) is 4.19. The molecule has 0 saturated carbocycles. The zero-order valence-corrected chi connectivity index (χ0v) is 18.2. The zero-order chi connectivity index (χ0) is 21.4. The Morgan fingerprint density at radius 3 is 2.38 bits per heavy atom. The molecule has 0 saturated heterocycles. The second-order valence-electron chi connectivity index (χ2n) is 7.63. The Morgan fingerprint density at radius 1 is 1.10 bits per heavy atom. The fourth-order valence-electron chi connectivity index (χ4n) is 3.42. The van der Waals surface area contributed by atoms with Gasteiger partial charge in [0.2, 0.25) is 0 Å². The van der Waals surface area contributed by atoms with E-state index in [1.54, 1.807) is 17.8 Å². The fraction of sp³-hybridized carbons (Fsp3) is 0.522.